The molecule has 0 N–H and O–H groups in total. The van der Waals surface area contributed by atoms with E-state index in [1.54, 1.807) is 12.1 Å². The molecule has 0 bridgehead atoms. The van der Waals surface area contributed by atoms with Crippen LogP contribution in [0, 0.1) is 30.6 Å². The van der Waals surface area contributed by atoms with Gasteiger partial charge in [-0.2, -0.15) is 8.42 Å². The van der Waals surface area contributed by atoms with E-state index in [0.717, 1.165) is 30.4 Å². The minimum absolute atomic E-state index is 0.000503. The van der Waals surface area contributed by atoms with E-state index in [1.807, 2.05) is 19.1 Å². The number of unbranched alkanes of at least 4 members (excludes halogenated alkanes) is 1. The van der Waals surface area contributed by atoms with Gasteiger partial charge in [-0.1, -0.05) is 111 Å². The highest BCUT2D eigenvalue weighted by Gasteiger charge is 2.54. The lowest BCUT2D eigenvalue weighted by Gasteiger charge is -2.40. The molecule has 0 amide bonds. The predicted octanol–water partition coefficient (Wildman–Crippen LogP) is 10.8. The zero-order valence-corrected chi connectivity index (χ0v) is 34.2. The molecule has 5 nitrogen and oxygen atoms in total. The second kappa shape index (κ2) is 14.8. The molecule has 262 valence electrons. The summed E-state index contributed by atoms with van der Waals surface area (Å²) in [5.74, 6) is 0.956. The van der Waals surface area contributed by atoms with E-state index in [2.05, 4.69) is 100 Å². The first-order valence-electron chi connectivity index (χ1n) is 17.7. The van der Waals surface area contributed by atoms with Crippen LogP contribution in [0.4, 0.5) is 0 Å². The maximum absolute atomic E-state index is 13.4. The highest BCUT2D eigenvalue weighted by Crippen LogP contribution is 2.54. The Bertz CT molecular complexity index is 1300. The summed E-state index contributed by atoms with van der Waals surface area (Å²) in [4.78, 5) is 0.195. The van der Waals surface area contributed by atoms with Gasteiger partial charge in [-0.25, -0.2) is 0 Å². The van der Waals surface area contributed by atoms with Crippen molar-refractivity contribution in [3.8, 4) is 0 Å². The molecule has 2 fully saturated rings. The normalized spacial score (nSPS) is 26.1. The lowest BCUT2D eigenvalue weighted by molar-refractivity contribution is 0.138. The van der Waals surface area contributed by atoms with Crippen LogP contribution in [-0.2, 0) is 23.2 Å². The van der Waals surface area contributed by atoms with Crippen LogP contribution in [0.1, 0.15) is 99.5 Å². The lowest BCUT2D eigenvalue weighted by Crippen LogP contribution is -2.45. The molecule has 0 spiro atoms. The Morgan fingerprint density at radius 1 is 0.978 bits per heavy atom. The number of hydrogen-bond acceptors (Lipinski definition) is 5. The first kappa shape index (κ1) is 39.4. The Hall–Kier alpha value is -1.04. The molecular weight excluding hydrogens is 625 g/mol. The Kier molecular flexibility index (Phi) is 12.7. The van der Waals surface area contributed by atoms with Gasteiger partial charge in [0.15, 0.2) is 16.6 Å². The van der Waals surface area contributed by atoms with E-state index < -0.39 is 32.9 Å². The summed E-state index contributed by atoms with van der Waals surface area (Å²) in [6.45, 7) is 34.0. The van der Waals surface area contributed by atoms with Crippen molar-refractivity contribution in [1.29, 1.82) is 0 Å². The minimum Gasteiger partial charge on any atom is -0.413 e. The molecule has 1 aromatic rings. The van der Waals surface area contributed by atoms with Gasteiger partial charge >= 0.3 is 0 Å². The highest BCUT2D eigenvalue weighted by molar-refractivity contribution is 7.86. The van der Waals surface area contributed by atoms with Gasteiger partial charge in [-0.15, -0.1) is 0 Å². The van der Waals surface area contributed by atoms with Crippen molar-refractivity contribution in [3.05, 3.63) is 54.1 Å². The van der Waals surface area contributed by atoms with Crippen molar-refractivity contribution in [1.82, 2.24) is 0 Å². The molecule has 0 aromatic heterocycles. The molecule has 0 heterocycles. The van der Waals surface area contributed by atoms with E-state index >= 15 is 0 Å². The lowest BCUT2D eigenvalue weighted by atomic mass is 9.89. The van der Waals surface area contributed by atoms with E-state index in [-0.39, 0.29) is 44.9 Å². The van der Waals surface area contributed by atoms with Crippen molar-refractivity contribution in [2.45, 2.75) is 160 Å². The summed E-state index contributed by atoms with van der Waals surface area (Å²) in [6, 6.07) is 6.89. The van der Waals surface area contributed by atoms with Crippen molar-refractivity contribution >= 4 is 26.8 Å². The van der Waals surface area contributed by atoms with E-state index in [9.17, 15) is 8.42 Å². The molecule has 8 heteroatoms. The molecule has 2 aliphatic rings. The summed E-state index contributed by atoms with van der Waals surface area (Å²) >= 11 is 0. The van der Waals surface area contributed by atoms with Crippen LogP contribution < -0.4 is 0 Å². The van der Waals surface area contributed by atoms with Gasteiger partial charge in [0.2, 0.25) is 0 Å². The first-order chi connectivity index (χ1) is 21.0. The predicted molar refractivity (Wildman–Crippen MR) is 199 cm³/mol. The quantitative estimate of drug-likeness (QED) is 0.110. The Morgan fingerprint density at radius 2 is 1.57 bits per heavy atom. The van der Waals surface area contributed by atoms with E-state index in [1.165, 1.54) is 19.3 Å². The Labute approximate surface area is 285 Å². The maximum Gasteiger partial charge on any atom is 0.297 e. The summed E-state index contributed by atoms with van der Waals surface area (Å²) < 4.78 is 47.2. The second-order valence-corrected chi connectivity index (χ2v) is 28.6. The highest BCUT2D eigenvalue weighted by atomic mass is 32.2. The smallest absolute Gasteiger partial charge is 0.297 e. The fraction of sp³-hybridized carbons (Fsp3) is 0.737. The Morgan fingerprint density at radius 3 is 2.11 bits per heavy atom. The van der Waals surface area contributed by atoms with Crippen molar-refractivity contribution in [3.63, 3.8) is 0 Å². The minimum atomic E-state index is -3.93. The average molecular weight is 691 g/mol. The number of hydrogen-bond donors (Lipinski definition) is 0. The average Bonchev–Trinajstić information content (AvgIpc) is 3.38. The molecule has 3 rings (SSSR count). The molecule has 2 aliphatic carbocycles. The van der Waals surface area contributed by atoms with Gasteiger partial charge in [-0.05, 0) is 97.9 Å². The topological polar surface area (TPSA) is 61.8 Å². The SMILES string of the molecule is C=C1C[C@@H]2[C@H](/C=C/[C@H](C[C@@H](C)CCCC)O[Si](C)(C)C(C)(C)C)[C@H](O[Si](C)(C)C(C)(C)C)C[C@@H]2C1OS(=O)(=O)c1ccc(C)cc1. The molecular formula is C38H66O5SSi2. The number of rotatable bonds is 14. The first-order valence-corrected chi connectivity index (χ1v) is 24.9. The number of fused-ring (bicyclic) bond motifs is 1. The molecule has 0 saturated heterocycles. The summed E-state index contributed by atoms with van der Waals surface area (Å²) in [5.41, 5.74) is 1.88. The van der Waals surface area contributed by atoms with Gasteiger partial charge in [0.1, 0.15) is 6.10 Å². The van der Waals surface area contributed by atoms with Gasteiger partial charge in [0.05, 0.1) is 17.1 Å². The van der Waals surface area contributed by atoms with Crippen LogP contribution in [0.25, 0.3) is 0 Å². The molecule has 0 aliphatic heterocycles. The largest absolute Gasteiger partial charge is 0.413 e. The molecule has 1 aromatic carbocycles. The van der Waals surface area contributed by atoms with Gasteiger partial charge in [0.25, 0.3) is 10.1 Å². The van der Waals surface area contributed by atoms with Crippen LogP contribution in [0.5, 0.6) is 0 Å². The summed E-state index contributed by atoms with van der Waals surface area (Å²) in [6.07, 6.45) is 10.4. The number of aryl methyl sites for hydroxylation is 1. The number of benzene rings is 1. The zero-order chi connectivity index (χ0) is 34.9. The van der Waals surface area contributed by atoms with Gasteiger partial charge < -0.3 is 8.85 Å². The van der Waals surface area contributed by atoms with Crippen molar-refractivity contribution in [2.24, 2.45) is 23.7 Å². The molecule has 46 heavy (non-hydrogen) atoms. The summed E-state index contributed by atoms with van der Waals surface area (Å²) in [7, 11) is -8.05. The third-order valence-corrected chi connectivity index (χ3v) is 21.9. The molecule has 1 unspecified atom stereocenters. The maximum atomic E-state index is 13.4. The third kappa shape index (κ3) is 9.56. The Balaban J connectivity index is 1.96. The zero-order valence-electron chi connectivity index (χ0n) is 31.4. The fourth-order valence-electron chi connectivity index (χ4n) is 6.54. The van der Waals surface area contributed by atoms with Crippen LogP contribution in [0.2, 0.25) is 36.3 Å². The van der Waals surface area contributed by atoms with E-state index in [4.69, 9.17) is 13.0 Å². The fourth-order valence-corrected chi connectivity index (χ4v) is 10.3. The second-order valence-electron chi connectivity index (χ2n) is 17.5. The van der Waals surface area contributed by atoms with Gasteiger partial charge in [0, 0.05) is 5.92 Å². The summed E-state index contributed by atoms with van der Waals surface area (Å²) in [5, 5.41) is 0.185. The molecule has 0 radical (unpaired) electrons. The van der Waals surface area contributed by atoms with Crippen LogP contribution >= 0.6 is 0 Å². The molecule has 2 saturated carbocycles. The van der Waals surface area contributed by atoms with Crippen LogP contribution in [0.3, 0.4) is 0 Å². The van der Waals surface area contributed by atoms with E-state index in [0.29, 0.717) is 5.92 Å². The van der Waals surface area contributed by atoms with Gasteiger partial charge in [-0.3, -0.25) is 4.18 Å². The monoisotopic (exact) mass is 690 g/mol. The third-order valence-electron chi connectivity index (χ3n) is 11.5. The van der Waals surface area contributed by atoms with Crippen molar-refractivity contribution in [2.75, 3.05) is 0 Å². The molecule has 7 atom stereocenters. The van der Waals surface area contributed by atoms with Crippen LogP contribution in [-0.4, -0.2) is 43.4 Å². The van der Waals surface area contributed by atoms with Crippen molar-refractivity contribution < 1.29 is 21.5 Å². The van der Waals surface area contributed by atoms with Crippen LogP contribution in [0.15, 0.2) is 53.5 Å². The standard InChI is InChI=1S/C38H66O5SSi2/c1-15-16-17-28(3)24-30(42-45(11,12)37(5,6)7)20-23-32-33-25-29(4)36(41-44(39,40)31-21-18-27(2)19-22-31)34(33)26-35(32)43-46(13,14)38(8,9)10/h18-23,28,30,32-36H,4,15-17,24-26H2,1-3,5-14H3/b23-20+/t28-,30+,32-,33+,34-,35+,36?/m0/s1.